The van der Waals surface area contributed by atoms with Crippen molar-refractivity contribution >= 4 is 0 Å². The molecule has 0 amide bonds. The van der Waals surface area contributed by atoms with Crippen molar-refractivity contribution < 1.29 is 13.2 Å². The van der Waals surface area contributed by atoms with Gasteiger partial charge in [-0.05, 0) is 43.6 Å². The minimum Gasteiger partial charge on any atom is -0.276 e. The lowest BCUT2D eigenvalue weighted by molar-refractivity contribution is -0.186. The second-order valence-electron chi connectivity index (χ2n) is 6.00. The average Bonchev–Trinajstić information content (AvgIpc) is 2.85. The topological polar surface area (TPSA) is 55.9 Å². The van der Waals surface area contributed by atoms with Crippen LogP contribution in [0.25, 0.3) is 0 Å². The molecule has 1 aromatic rings. The van der Waals surface area contributed by atoms with Crippen LogP contribution in [0, 0.1) is 11.8 Å². The number of aromatic nitrogens is 2. The molecular formula is C14H23F3N4. The van der Waals surface area contributed by atoms with E-state index >= 15 is 0 Å². The molecule has 7 heteroatoms. The van der Waals surface area contributed by atoms with Crippen LogP contribution in [0.2, 0.25) is 0 Å². The van der Waals surface area contributed by atoms with Gasteiger partial charge in [-0.15, -0.1) is 0 Å². The summed E-state index contributed by atoms with van der Waals surface area (Å²) in [5.74, 6) is 4.39. The molecule has 21 heavy (non-hydrogen) atoms. The highest BCUT2D eigenvalue weighted by molar-refractivity contribution is 5.04. The second-order valence-corrected chi connectivity index (χ2v) is 6.00. The van der Waals surface area contributed by atoms with Crippen LogP contribution in [0.5, 0.6) is 0 Å². The lowest BCUT2D eigenvalue weighted by Crippen LogP contribution is -2.44. The van der Waals surface area contributed by atoms with Crippen molar-refractivity contribution in [2.24, 2.45) is 24.7 Å². The van der Waals surface area contributed by atoms with E-state index in [0.29, 0.717) is 6.42 Å². The standard InChI is InChI=1S/C14H23F3N4/c1-21-9-10(8-19-21)5-6-13(20-18)11-3-2-4-12(7-11)14(15,16)17/h8-9,11-13,20H,2-7,18H2,1H3. The smallest absolute Gasteiger partial charge is 0.276 e. The molecule has 0 bridgehead atoms. The van der Waals surface area contributed by atoms with Crippen molar-refractivity contribution in [1.29, 1.82) is 0 Å². The van der Waals surface area contributed by atoms with Gasteiger partial charge in [0.1, 0.15) is 0 Å². The Morgan fingerprint density at radius 3 is 2.81 bits per heavy atom. The van der Waals surface area contributed by atoms with Crippen LogP contribution >= 0.6 is 0 Å². The minimum atomic E-state index is -4.08. The van der Waals surface area contributed by atoms with E-state index in [9.17, 15) is 13.2 Å². The van der Waals surface area contributed by atoms with Gasteiger partial charge in [0, 0.05) is 19.3 Å². The van der Waals surface area contributed by atoms with Crippen LogP contribution in [-0.2, 0) is 13.5 Å². The fraction of sp³-hybridized carbons (Fsp3) is 0.786. The normalized spacial score (nSPS) is 25.0. The molecule has 1 aromatic heterocycles. The summed E-state index contributed by atoms with van der Waals surface area (Å²) < 4.78 is 40.3. The Bertz CT molecular complexity index is 444. The maximum atomic E-state index is 12.9. The summed E-state index contributed by atoms with van der Waals surface area (Å²) in [5.41, 5.74) is 3.81. The van der Waals surface area contributed by atoms with Crippen molar-refractivity contribution in [1.82, 2.24) is 15.2 Å². The van der Waals surface area contributed by atoms with Crippen LogP contribution in [-0.4, -0.2) is 22.0 Å². The average molecular weight is 304 g/mol. The zero-order valence-electron chi connectivity index (χ0n) is 12.2. The van der Waals surface area contributed by atoms with E-state index in [1.807, 2.05) is 13.2 Å². The molecule has 3 atom stereocenters. The molecule has 0 aliphatic heterocycles. The number of aryl methyl sites for hydroxylation is 2. The summed E-state index contributed by atoms with van der Waals surface area (Å²) >= 11 is 0. The van der Waals surface area contributed by atoms with Crippen LogP contribution in [0.4, 0.5) is 13.2 Å². The largest absolute Gasteiger partial charge is 0.391 e. The van der Waals surface area contributed by atoms with Crippen LogP contribution in [0.1, 0.15) is 37.7 Å². The maximum absolute atomic E-state index is 12.9. The van der Waals surface area contributed by atoms with Crippen molar-refractivity contribution in [2.75, 3.05) is 0 Å². The van der Waals surface area contributed by atoms with Gasteiger partial charge >= 0.3 is 6.18 Å². The molecule has 0 radical (unpaired) electrons. The van der Waals surface area contributed by atoms with Crippen LogP contribution in [0.3, 0.4) is 0 Å². The molecule has 1 saturated carbocycles. The number of nitrogens with one attached hydrogen (secondary N) is 1. The first-order chi connectivity index (χ1) is 9.90. The summed E-state index contributed by atoms with van der Waals surface area (Å²) in [4.78, 5) is 0. The molecule has 0 spiro atoms. The summed E-state index contributed by atoms with van der Waals surface area (Å²) in [6, 6.07) is -0.0737. The van der Waals surface area contributed by atoms with Gasteiger partial charge in [-0.1, -0.05) is 6.42 Å². The van der Waals surface area contributed by atoms with Gasteiger partial charge in [0.2, 0.25) is 0 Å². The monoisotopic (exact) mass is 304 g/mol. The zero-order valence-corrected chi connectivity index (χ0v) is 12.2. The molecule has 1 aliphatic carbocycles. The van der Waals surface area contributed by atoms with E-state index in [1.165, 1.54) is 0 Å². The van der Waals surface area contributed by atoms with Gasteiger partial charge < -0.3 is 0 Å². The Hall–Kier alpha value is -1.08. The summed E-state index contributed by atoms with van der Waals surface area (Å²) in [6.07, 6.45) is 3.01. The first kappa shape index (κ1) is 16.3. The lowest BCUT2D eigenvalue weighted by Gasteiger charge is -2.35. The third-order valence-corrected chi connectivity index (χ3v) is 4.46. The maximum Gasteiger partial charge on any atom is 0.391 e. The van der Waals surface area contributed by atoms with Crippen molar-refractivity contribution in [3.63, 3.8) is 0 Å². The lowest BCUT2D eigenvalue weighted by atomic mass is 9.76. The SMILES string of the molecule is Cn1cc(CCC(NN)C2CCCC(C(F)(F)F)C2)cn1. The van der Waals surface area contributed by atoms with Gasteiger partial charge in [-0.25, -0.2) is 0 Å². The molecule has 120 valence electrons. The first-order valence-corrected chi connectivity index (χ1v) is 7.40. The fourth-order valence-corrected chi connectivity index (χ4v) is 3.27. The Kier molecular flexibility index (Phi) is 5.27. The minimum absolute atomic E-state index is 0.00736. The highest BCUT2D eigenvalue weighted by Crippen LogP contribution is 2.41. The number of alkyl halides is 3. The molecule has 1 fully saturated rings. The van der Waals surface area contributed by atoms with Crippen molar-refractivity contribution in [3.8, 4) is 0 Å². The van der Waals surface area contributed by atoms with Gasteiger partial charge in [0.15, 0.2) is 0 Å². The molecule has 1 heterocycles. The molecule has 3 unspecified atom stereocenters. The van der Waals surface area contributed by atoms with E-state index in [1.54, 1.807) is 10.9 Å². The first-order valence-electron chi connectivity index (χ1n) is 7.40. The third-order valence-electron chi connectivity index (χ3n) is 4.46. The Labute approximate surface area is 122 Å². The number of rotatable bonds is 5. The molecule has 1 aliphatic rings. The fourth-order valence-electron chi connectivity index (χ4n) is 3.27. The highest BCUT2D eigenvalue weighted by atomic mass is 19.4. The zero-order chi connectivity index (χ0) is 15.5. The highest BCUT2D eigenvalue weighted by Gasteiger charge is 2.43. The Balaban J connectivity index is 1.90. The Morgan fingerprint density at radius 1 is 1.48 bits per heavy atom. The van der Waals surface area contributed by atoms with Crippen molar-refractivity contribution in [3.05, 3.63) is 18.0 Å². The number of nitrogens with zero attached hydrogens (tertiary/aromatic N) is 2. The summed E-state index contributed by atoms with van der Waals surface area (Å²) in [5, 5.41) is 4.09. The summed E-state index contributed by atoms with van der Waals surface area (Å²) in [6.45, 7) is 0. The van der Waals surface area contributed by atoms with Gasteiger partial charge in [0.25, 0.3) is 0 Å². The Morgan fingerprint density at radius 2 is 2.24 bits per heavy atom. The van der Waals surface area contributed by atoms with Gasteiger partial charge in [0.05, 0.1) is 12.1 Å². The van der Waals surface area contributed by atoms with Crippen molar-refractivity contribution in [2.45, 2.75) is 50.7 Å². The number of hydrogen-bond acceptors (Lipinski definition) is 3. The van der Waals surface area contributed by atoms with Crippen LogP contribution in [0.15, 0.2) is 12.4 Å². The van der Waals surface area contributed by atoms with Gasteiger partial charge in [-0.2, -0.15) is 18.3 Å². The summed E-state index contributed by atoms with van der Waals surface area (Å²) in [7, 11) is 1.84. The molecule has 0 saturated heterocycles. The van der Waals surface area contributed by atoms with Crippen LogP contribution < -0.4 is 11.3 Å². The third kappa shape index (κ3) is 4.44. The number of halogens is 3. The molecule has 2 rings (SSSR count). The number of hydrazine groups is 1. The molecule has 0 aromatic carbocycles. The van der Waals surface area contributed by atoms with Gasteiger partial charge in [-0.3, -0.25) is 16.0 Å². The number of nitrogens with two attached hydrogens (primary N) is 1. The number of hydrogen-bond donors (Lipinski definition) is 2. The van der Waals surface area contributed by atoms with E-state index < -0.39 is 12.1 Å². The van der Waals surface area contributed by atoms with E-state index in [-0.39, 0.29) is 24.8 Å². The van der Waals surface area contributed by atoms with E-state index in [2.05, 4.69) is 10.5 Å². The predicted octanol–water partition coefficient (Wildman–Crippen LogP) is 2.55. The molecular weight excluding hydrogens is 281 g/mol. The molecule has 3 N–H and O–H groups in total. The second kappa shape index (κ2) is 6.79. The molecule has 4 nitrogen and oxygen atoms in total. The predicted molar refractivity (Wildman–Crippen MR) is 74.1 cm³/mol. The van der Waals surface area contributed by atoms with E-state index in [4.69, 9.17) is 5.84 Å². The quantitative estimate of drug-likeness (QED) is 0.649. The van der Waals surface area contributed by atoms with E-state index in [0.717, 1.165) is 24.8 Å².